The number of carbonyl (C=O) groups excluding carboxylic acids is 2. The van der Waals surface area contributed by atoms with Crippen molar-refractivity contribution in [3.8, 4) is 0 Å². The van der Waals surface area contributed by atoms with E-state index in [1.165, 1.54) is 16.0 Å². The Morgan fingerprint density at radius 2 is 1.89 bits per heavy atom. The van der Waals surface area contributed by atoms with Crippen LogP contribution in [-0.2, 0) is 19.2 Å². The second-order valence-corrected chi connectivity index (χ2v) is 10.8. The third kappa shape index (κ3) is 5.70. The highest BCUT2D eigenvalue weighted by atomic mass is 16.6. The number of amides is 2. The molecule has 4 rings (SSSR count). The SMILES string of the molecule is CC(C)=CCCC(C)=CCON=C1C[C@@H](O)[C@@H](O)[C@@H]2[C@H]3C(=O)N(C[C@@H]4CCCO4)C(=O)[C@@H]3CC[C@@H]12. The number of hydrogen-bond donors (Lipinski definition) is 2. The van der Waals surface area contributed by atoms with E-state index in [1.54, 1.807) is 0 Å². The summed E-state index contributed by atoms with van der Waals surface area (Å²) >= 11 is 0. The van der Waals surface area contributed by atoms with Crippen molar-refractivity contribution < 1.29 is 29.4 Å². The summed E-state index contributed by atoms with van der Waals surface area (Å²) < 4.78 is 5.65. The largest absolute Gasteiger partial charge is 0.392 e. The van der Waals surface area contributed by atoms with Crippen LogP contribution in [0.25, 0.3) is 0 Å². The van der Waals surface area contributed by atoms with Crippen molar-refractivity contribution in [1.82, 2.24) is 4.90 Å². The van der Waals surface area contributed by atoms with Crippen LogP contribution in [0, 0.1) is 23.7 Å². The number of nitrogens with zero attached hydrogens (tertiary/aromatic N) is 2. The lowest BCUT2D eigenvalue weighted by molar-refractivity contribution is -0.143. The molecule has 0 aromatic rings. The number of aliphatic hydroxyl groups excluding tert-OH is 2. The van der Waals surface area contributed by atoms with Crippen LogP contribution < -0.4 is 0 Å². The van der Waals surface area contributed by atoms with Gasteiger partial charge in [-0.1, -0.05) is 22.4 Å². The summed E-state index contributed by atoms with van der Waals surface area (Å²) in [5.74, 6) is -2.20. The fraction of sp³-hybridized carbons (Fsp3) is 0.741. The van der Waals surface area contributed by atoms with Crippen LogP contribution in [-0.4, -0.2) is 70.7 Å². The van der Waals surface area contributed by atoms with Gasteiger partial charge in [-0.3, -0.25) is 14.5 Å². The van der Waals surface area contributed by atoms with Gasteiger partial charge >= 0.3 is 0 Å². The molecule has 8 nitrogen and oxygen atoms in total. The zero-order valence-corrected chi connectivity index (χ0v) is 21.2. The number of allylic oxidation sites excluding steroid dienone is 3. The number of hydrogen-bond acceptors (Lipinski definition) is 7. The number of oxime groups is 1. The molecule has 2 aliphatic heterocycles. The van der Waals surface area contributed by atoms with Crippen molar-refractivity contribution in [2.24, 2.45) is 28.8 Å². The van der Waals surface area contributed by atoms with Gasteiger partial charge in [-0.15, -0.1) is 0 Å². The molecule has 2 amide bonds. The van der Waals surface area contributed by atoms with Crippen molar-refractivity contribution in [2.75, 3.05) is 19.8 Å². The van der Waals surface area contributed by atoms with E-state index in [9.17, 15) is 19.8 Å². The van der Waals surface area contributed by atoms with Crippen molar-refractivity contribution in [1.29, 1.82) is 0 Å². The molecule has 2 saturated heterocycles. The molecule has 2 N–H and O–H groups in total. The summed E-state index contributed by atoms with van der Waals surface area (Å²) in [4.78, 5) is 33.4. The Morgan fingerprint density at radius 3 is 2.60 bits per heavy atom. The summed E-state index contributed by atoms with van der Waals surface area (Å²) in [6.45, 7) is 7.52. The molecule has 8 heteroatoms. The number of imide groups is 1. The van der Waals surface area contributed by atoms with Crippen LogP contribution in [0.3, 0.4) is 0 Å². The summed E-state index contributed by atoms with van der Waals surface area (Å²) in [6.07, 6.45) is 7.17. The van der Waals surface area contributed by atoms with Gasteiger partial charge < -0.3 is 19.8 Å². The smallest absolute Gasteiger partial charge is 0.233 e. The quantitative estimate of drug-likeness (QED) is 0.235. The number of carbonyl (C=O) groups is 2. The predicted octanol–water partition coefficient (Wildman–Crippen LogP) is 2.98. The first-order chi connectivity index (χ1) is 16.8. The lowest BCUT2D eigenvalue weighted by atomic mass is 9.60. The second kappa shape index (κ2) is 11.4. The standard InChI is InChI=1S/C27H40N2O6/c1-16(2)6-4-7-17(3)11-13-35-28-21-14-22(30)25(31)23-19(21)9-10-20-24(23)27(33)29(26(20)32)15-18-8-5-12-34-18/h6,11,18-20,22-25,30-31H,4-5,7-10,12-15H2,1-3H3/t18-,19-,20+,22+,23-,24-,25+/m0/s1. The molecule has 4 aliphatic rings. The molecule has 0 spiro atoms. The fourth-order valence-electron chi connectivity index (χ4n) is 6.20. The van der Waals surface area contributed by atoms with Gasteiger partial charge in [0.2, 0.25) is 11.8 Å². The van der Waals surface area contributed by atoms with E-state index >= 15 is 0 Å². The van der Waals surface area contributed by atoms with Crippen LogP contribution in [0.1, 0.15) is 65.7 Å². The van der Waals surface area contributed by atoms with Crippen LogP contribution in [0.4, 0.5) is 0 Å². The number of fused-ring (bicyclic) bond motifs is 3. The van der Waals surface area contributed by atoms with Gasteiger partial charge in [0.1, 0.15) is 6.61 Å². The van der Waals surface area contributed by atoms with Gasteiger partial charge in [0.25, 0.3) is 0 Å². The first kappa shape index (κ1) is 26.0. The van der Waals surface area contributed by atoms with Crippen molar-refractivity contribution in [2.45, 2.75) is 84.0 Å². The Bertz CT molecular complexity index is 886. The number of aliphatic hydroxyl groups is 2. The molecule has 0 aromatic carbocycles. The Morgan fingerprint density at radius 1 is 1.11 bits per heavy atom. The average Bonchev–Trinajstić information content (AvgIpc) is 3.42. The normalized spacial score (nSPS) is 36.4. The molecule has 0 unspecified atom stereocenters. The minimum atomic E-state index is -1.07. The molecule has 2 aliphatic carbocycles. The third-order valence-electron chi connectivity index (χ3n) is 8.06. The van der Waals surface area contributed by atoms with E-state index in [4.69, 9.17) is 9.57 Å². The van der Waals surface area contributed by atoms with Gasteiger partial charge in [-0.2, -0.15) is 0 Å². The lowest BCUT2D eigenvalue weighted by Gasteiger charge is -2.45. The van der Waals surface area contributed by atoms with Crippen molar-refractivity contribution in [3.05, 3.63) is 23.3 Å². The van der Waals surface area contributed by atoms with E-state index in [2.05, 4.69) is 32.0 Å². The van der Waals surface area contributed by atoms with Crippen molar-refractivity contribution in [3.63, 3.8) is 0 Å². The molecule has 0 radical (unpaired) electrons. The molecule has 7 atom stereocenters. The summed E-state index contributed by atoms with van der Waals surface area (Å²) in [6, 6.07) is 0. The molecule has 0 bridgehead atoms. The first-order valence-corrected chi connectivity index (χ1v) is 13.1. The Balaban J connectivity index is 1.43. The van der Waals surface area contributed by atoms with Gasteiger partial charge in [0.15, 0.2) is 0 Å². The minimum Gasteiger partial charge on any atom is -0.392 e. The van der Waals surface area contributed by atoms with Gasteiger partial charge in [-0.25, -0.2) is 0 Å². The average molecular weight is 489 g/mol. The monoisotopic (exact) mass is 488 g/mol. The Hall–Kier alpha value is -2.03. The summed E-state index contributed by atoms with van der Waals surface area (Å²) in [5.41, 5.74) is 3.21. The number of ether oxygens (including phenoxy) is 1. The highest BCUT2D eigenvalue weighted by molar-refractivity contribution is 6.06. The summed E-state index contributed by atoms with van der Waals surface area (Å²) in [7, 11) is 0. The van der Waals surface area contributed by atoms with Gasteiger partial charge in [-0.05, 0) is 65.4 Å². The topological polar surface area (TPSA) is 109 Å². The molecular formula is C27H40N2O6. The molecular weight excluding hydrogens is 448 g/mol. The van der Waals surface area contributed by atoms with Crippen LogP contribution in [0.5, 0.6) is 0 Å². The first-order valence-electron chi connectivity index (χ1n) is 13.1. The highest BCUT2D eigenvalue weighted by Gasteiger charge is 2.59. The van der Waals surface area contributed by atoms with Crippen LogP contribution in [0.15, 0.2) is 28.5 Å². The second-order valence-electron chi connectivity index (χ2n) is 10.8. The molecule has 0 aromatic heterocycles. The maximum atomic E-state index is 13.4. The highest BCUT2D eigenvalue weighted by Crippen LogP contribution is 2.49. The van der Waals surface area contributed by atoms with Crippen LogP contribution >= 0.6 is 0 Å². The van der Waals surface area contributed by atoms with E-state index in [-0.39, 0.29) is 36.8 Å². The summed E-state index contributed by atoms with van der Waals surface area (Å²) in [5, 5.41) is 25.9. The van der Waals surface area contributed by atoms with E-state index < -0.39 is 30.0 Å². The number of rotatable bonds is 8. The maximum absolute atomic E-state index is 13.4. The maximum Gasteiger partial charge on any atom is 0.233 e. The fourth-order valence-corrected chi connectivity index (χ4v) is 6.20. The Labute approximate surface area is 208 Å². The molecule has 194 valence electrons. The zero-order valence-electron chi connectivity index (χ0n) is 21.2. The molecule has 2 heterocycles. The number of likely N-dealkylation sites (tertiary alicyclic amines) is 1. The molecule has 35 heavy (non-hydrogen) atoms. The van der Waals surface area contributed by atoms with Gasteiger partial charge in [0.05, 0.1) is 42.4 Å². The predicted molar refractivity (Wildman–Crippen MR) is 131 cm³/mol. The zero-order chi connectivity index (χ0) is 25.1. The van der Waals surface area contributed by atoms with Crippen LogP contribution in [0.2, 0.25) is 0 Å². The molecule has 2 saturated carbocycles. The molecule has 4 fully saturated rings. The van der Waals surface area contributed by atoms with E-state index in [1.807, 2.05) is 6.08 Å². The third-order valence-corrected chi connectivity index (χ3v) is 8.06. The van der Waals surface area contributed by atoms with E-state index in [0.717, 1.165) is 25.7 Å². The van der Waals surface area contributed by atoms with Crippen molar-refractivity contribution >= 4 is 17.5 Å². The minimum absolute atomic E-state index is 0.107. The van der Waals surface area contributed by atoms with E-state index in [0.29, 0.717) is 31.8 Å². The van der Waals surface area contributed by atoms with Gasteiger partial charge in [0, 0.05) is 24.9 Å². The Kier molecular flexibility index (Phi) is 8.45. The lowest BCUT2D eigenvalue weighted by Crippen LogP contribution is -2.54.